The second-order valence-corrected chi connectivity index (χ2v) is 7.06. The summed E-state index contributed by atoms with van der Waals surface area (Å²) in [6.45, 7) is 0.228. The normalized spacial score (nSPS) is 13.8. The predicted molar refractivity (Wildman–Crippen MR) is 106 cm³/mol. The van der Waals surface area contributed by atoms with E-state index in [2.05, 4.69) is 20.7 Å². The average molecular weight is 415 g/mol. The molecule has 0 atom stereocenters. The minimum Gasteiger partial charge on any atom is -0.368 e. The lowest BCUT2D eigenvalue weighted by molar-refractivity contribution is -0.137. The van der Waals surface area contributed by atoms with E-state index >= 15 is 0 Å². The summed E-state index contributed by atoms with van der Waals surface area (Å²) in [4.78, 5) is 16.5. The van der Waals surface area contributed by atoms with Crippen LogP contribution in [0.15, 0.2) is 54.7 Å². The molecule has 4 rings (SSSR count). The molecule has 2 heterocycles. The zero-order valence-electron chi connectivity index (χ0n) is 16.0. The van der Waals surface area contributed by atoms with Crippen molar-refractivity contribution in [1.82, 2.24) is 20.1 Å². The van der Waals surface area contributed by atoms with Gasteiger partial charge in [0.2, 0.25) is 0 Å². The third-order valence-corrected chi connectivity index (χ3v) is 4.77. The molecule has 30 heavy (non-hydrogen) atoms. The highest BCUT2D eigenvalue weighted by atomic mass is 19.4. The maximum absolute atomic E-state index is 13.0. The highest BCUT2D eigenvalue weighted by molar-refractivity contribution is 5.93. The van der Waals surface area contributed by atoms with Crippen LogP contribution < -0.4 is 10.6 Å². The van der Waals surface area contributed by atoms with E-state index in [1.54, 1.807) is 10.7 Å². The molecule has 3 aromatic rings. The third-order valence-electron chi connectivity index (χ3n) is 4.77. The van der Waals surface area contributed by atoms with E-state index in [0.717, 1.165) is 30.3 Å². The number of nitrogens with zero attached hydrogens (tertiary/aromatic N) is 3. The second kappa shape index (κ2) is 8.17. The second-order valence-electron chi connectivity index (χ2n) is 7.06. The molecule has 156 valence electrons. The van der Waals surface area contributed by atoms with E-state index in [1.165, 1.54) is 12.3 Å². The molecule has 1 amide bonds. The topological polar surface area (TPSA) is 71.8 Å². The summed E-state index contributed by atoms with van der Waals surface area (Å²) in [5.74, 6) is -0.213. The molecular weight excluding hydrogens is 395 g/mol. The van der Waals surface area contributed by atoms with Crippen molar-refractivity contribution in [3.63, 3.8) is 0 Å². The number of aromatic nitrogens is 3. The summed E-state index contributed by atoms with van der Waals surface area (Å²) < 4.78 is 40.7. The highest BCUT2D eigenvalue weighted by Crippen LogP contribution is 2.39. The number of rotatable bonds is 7. The van der Waals surface area contributed by atoms with Gasteiger partial charge >= 0.3 is 6.18 Å². The van der Waals surface area contributed by atoms with Crippen LogP contribution in [0.2, 0.25) is 0 Å². The monoisotopic (exact) mass is 415 g/mol. The van der Waals surface area contributed by atoms with Gasteiger partial charge in [-0.1, -0.05) is 18.2 Å². The first-order chi connectivity index (χ1) is 14.4. The number of anilines is 1. The summed E-state index contributed by atoms with van der Waals surface area (Å²) in [5, 5.41) is 9.96. The molecule has 1 fully saturated rings. The minimum absolute atomic E-state index is 0.0980. The first-order valence-electron chi connectivity index (χ1n) is 9.63. The van der Waals surface area contributed by atoms with Gasteiger partial charge in [0.1, 0.15) is 11.5 Å². The zero-order chi connectivity index (χ0) is 21.1. The number of benzene rings is 1. The molecule has 1 aliphatic rings. The number of hydrogen-bond acceptors (Lipinski definition) is 4. The molecule has 1 saturated carbocycles. The lowest BCUT2D eigenvalue weighted by Crippen LogP contribution is -2.30. The lowest BCUT2D eigenvalue weighted by Gasteiger charge is -2.13. The highest BCUT2D eigenvalue weighted by Gasteiger charge is 2.34. The Bertz CT molecular complexity index is 1030. The fourth-order valence-corrected chi connectivity index (χ4v) is 3.13. The van der Waals surface area contributed by atoms with E-state index < -0.39 is 11.7 Å². The van der Waals surface area contributed by atoms with Crippen molar-refractivity contribution in [2.45, 2.75) is 24.9 Å². The molecule has 2 N–H and O–H groups in total. The fourth-order valence-electron chi connectivity index (χ4n) is 3.13. The average Bonchev–Trinajstić information content (AvgIpc) is 3.49. The molecule has 6 nitrogen and oxygen atoms in total. The molecule has 1 aliphatic carbocycles. The smallest absolute Gasteiger partial charge is 0.368 e. The number of halogens is 3. The Kier molecular flexibility index (Phi) is 5.43. The van der Waals surface area contributed by atoms with Crippen molar-refractivity contribution in [3.05, 3.63) is 71.7 Å². The van der Waals surface area contributed by atoms with E-state index in [4.69, 9.17) is 0 Å². The minimum atomic E-state index is -4.50. The molecule has 0 spiro atoms. The number of alkyl halides is 3. The molecule has 0 saturated heterocycles. The Balaban J connectivity index is 1.42. The molecule has 0 aliphatic heterocycles. The van der Waals surface area contributed by atoms with Gasteiger partial charge in [-0.25, -0.2) is 9.67 Å². The first-order valence-corrected chi connectivity index (χ1v) is 9.63. The van der Waals surface area contributed by atoms with Crippen LogP contribution in [0, 0.1) is 0 Å². The van der Waals surface area contributed by atoms with Crippen LogP contribution in [0.4, 0.5) is 19.0 Å². The Hall–Kier alpha value is -3.36. The Morgan fingerprint density at radius 1 is 1.10 bits per heavy atom. The maximum atomic E-state index is 13.0. The van der Waals surface area contributed by atoms with Gasteiger partial charge in [-0.15, -0.1) is 0 Å². The van der Waals surface area contributed by atoms with Crippen LogP contribution in [0.3, 0.4) is 0 Å². The van der Waals surface area contributed by atoms with Gasteiger partial charge < -0.3 is 10.6 Å². The van der Waals surface area contributed by atoms with Crippen molar-refractivity contribution in [3.8, 4) is 5.69 Å². The number of amides is 1. The van der Waals surface area contributed by atoms with Gasteiger partial charge in [-0.05, 0) is 43.2 Å². The zero-order valence-corrected chi connectivity index (χ0v) is 16.0. The third kappa shape index (κ3) is 4.45. The van der Waals surface area contributed by atoms with Crippen LogP contribution >= 0.6 is 0 Å². The van der Waals surface area contributed by atoms with Gasteiger partial charge in [0.05, 0.1) is 16.9 Å². The van der Waals surface area contributed by atoms with Crippen molar-refractivity contribution >= 4 is 11.7 Å². The van der Waals surface area contributed by atoms with E-state index in [1.807, 2.05) is 30.3 Å². The molecule has 9 heteroatoms. The number of carbonyl (C=O) groups excluding carboxylic acids is 1. The number of pyridine rings is 1. The molecule has 0 unspecified atom stereocenters. The van der Waals surface area contributed by atoms with Crippen molar-refractivity contribution in [2.75, 3.05) is 18.4 Å². The van der Waals surface area contributed by atoms with Crippen LogP contribution in [-0.4, -0.2) is 33.8 Å². The standard InChI is InChI=1S/C21H20F3N5O/c22-21(23,24)16-7-4-10-25-19(16)26-11-12-27-20(30)18-13-17(14-8-9-14)28-29(18)15-5-2-1-3-6-15/h1-7,10,13-14H,8-9,11-12H2,(H,25,26)(H,27,30). The van der Waals surface area contributed by atoms with Gasteiger partial charge in [0, 0.05) is 25.2 Å². The van der Waals surface area contributed by atoms with Gasteiger partial charge in [-0.3, -0.25) is 4.79 Å². The number of carbonyl (C=O) groups is 1. The summed E-state index contributed by atoms with van der Waals surface area (Å²) in [6.07, 6.45) is -1.10. The predicted octanol–water partition coefficient (Wildman–Crippen LogP) is 4.01. The summed E-state index contributed by atoms with van der Waals surface area (Å²) in [6, 6.07) is 13.3. The Labute approximate surface area is 171 Å². The SMILES string of the molecule is O=C(NCCNc1ncccc1C(F)(F)F)c1cc(C2CC2)nn1-c1ccccc1. The quantitative estimate of drug-likeness (QED) is 0.572. The van der Waals surface area contributed by atoms with E-state index in [9.17, 15) is 18.0 Å². The van der Waals surface area contributed by atoms with Gasteiger partial charge in [0.25, 0.3) is 5.91 Å². The summed E-state index contributed by atoms with van der Waals surface area (Å²) >= 11 is 0. The largest absolute Gasteiger partial charge is 0.419 e. The van der Waals surface area contributed by atoms with Crippen LogP contribution in [0.1, 0.15) is 40.5 Å². The molecule has 0 radical (unpaired) electrons. The van der Waals surface area contributed by atoms with Crippen molar-refractivity contribution < 1.29 is 18.0 Å². The molecule has 2 aromatic heterocycles. The Morgan fingerprint density at radius 2 is 1.87 bits per heavy atom. The molecular formula is C21H20F3N5O. The van der Waals surface area contributed by atoms with Gasteiger partial charge in [0.15, 0.2) is 0 Å². The van der Waals surface area contributed by atoms with Crippen LogP contribution in [0.5, 0.6) is 0 Å². The molecule has 0 bridgehead atoms. The Morgan fingerprint density at radius 3 is 2.57 bits per heavy atom. The van der Waals surface area contributed by atoms with Gasteiger partial charge in [-0.2, -0.15) is 18.3 Å². The molecule has 1 aromatic carbocycles. The van der Waals surface area contributed by atoms with E-state index in [-0.39, 0.29) is 24.8 Å². The van der Waals surface area contributed by atoms with Crippen LogP contribution in [0.25, 0.3) is 5.69 Å². The van der Waals surface area contributed by atoms with Crippen LogP contribution in [-0.2, 0) is 6.18 Å². The van der Waals surface area contributed by atoms with E-state index in [0.29, 0.717) is 11.6 Å². The van der Waals surface area contributed by atoms with Crippen molar-refractivity contribution in [2.24, 2.45) is 0 Å². The summed E-state index contributed by atoms with van der Waals surface area (Å²) in [7, 11) is 0. The first kappa shape index (κ1) is 19.9. The lowest BCUT2D eigenvalue weighted by atomic mass is 10.2. The van der Waals surface area contributed by atoms with Crippen molar-refractivity contribution in [1.29, 1.82) is 0 Å². The number of hydrogen-bond donors (Lipinski definition) is 2. The summed E-state index contributed by atoms with van der Waals surface area (Å²) in [5.41, 5.74) is 1.21. The number of para-hydroxylation sites is 1. The number of nitrogens with one attached hydrogen (secondary N) is 2. The fraction of sp³-hybridized carbons (Fsp3) is 0.286. The maximum Gasteiger partial charge on any atom is 0.419 e.